The number of halogens is 2. The van der Waals surface area contributed by atoms with Crippen molar-refractivity contribution in [3.05, 3.63) is 81.3 Å². The van der Waals surface area contributed by atoms with Crippen LogP contribution in [0.2, 0.25) is 0 Å². The van der Waals surface area contributed by atoms with Crippen molar-refractivity contribution >= 4 is 11.2 Å². The summed E-state index contributed by atoms with van der Waals surface area (Å²) in [6.45, 7) is 4.11. The first-order valence-electron chi connectivity index (χ1n) is 11.1. The Kier molecular flexibility index (Phi) is 5.65. The van der Waals surface area contributed by atoms with E-state index < -0.39 is 11.6 Å². The Morgan fingerprint density at radius 2 is 1.82 bits per heavy atom. The lowest BCUT2D eigenvalue weighted by molar-refractivity contribution is -0.000632. The molecule has 3 aromatic heterocycles. The molecule has 0 bridgehead atoms. The Bertz CT molecular complexity index is 1470. The third-order valence-electron chi connectivity index (χ3n) is 6.35. The largest absolute Gasteiger partial charge is 0.372 e. The molecule has 1 saturated heterocycles. The third kappa shape index (κ3) is 3.96. The molecule has 2 atom stereocenters. The van der Waals surface area contributed by atoms with Gasteiger partial charge in [-0.1, -0.05) is 6.07 Å². The van der Waals surface area contributed by atoms with Crippen LogP contribution in [0.25, 0.3) is 22.4 Å². The van der Waals surface area contributed by atoms with E-state index in [2.05, 4.69) is 9.97 Å². The van der Waals surface area contributed by atoms with Crippen molar-refractivity contribution in [2.75, 3.05) is 6.61 Å². The number of aryl methyl sites for hydroxylation is 2. The minimum absolute atomic E-state index is 0.107. The van der Waals surface area contributed by atoms with Gasteiger partial charge >= 0.3 is 0 Å². The molecular formula is C25H23F2N5O2. The van der Waals surface area contributed by atoms with Crippen LogP contribution in [0, 0.1) is 25.5 Å². The molecule has 5 rings (SSSR count). The smallest absolute Gasteiger partial charge is 0.250 e. The molecule has 0 unspecified atom stereocenters. The molecule has 0 amide bonds. The molecule has 4 aromatic rings. The lowest BCUT2D eigenvalue weighted by atomic mass is 9.92. The van der Waals surface area contributed by atoms with Crippen molar-refractivity contribution in [2.45, 2.75) is 38.7 Å². The Balaban J connectivity index is 1.63. The summed E-state index contributed by atoms with van der Waals surface area (Å²) in [5.74, 6) is -1.00. The lowest BCUT2D eigenvalue weighted by Gasteiger charge is -2.30. The fraction of sp³-hybridized carbons (Fsp3) is 0.320. The topological polar surface area (TPSA) is 82.8 Å². The van der Waals surface area contributed by atoms with Crippen LogP contribution in [0.3, 0.4) is 0 Å². The quantitative estimate of drug-likeness (QED) is 0.450. The average molecular weight is 463 g/mol. The molecule has 1 aliphatic rings. The number of rotatable bonds is 3. The number of aromatic nitrogens is 5. The van der Waals surface area contributed by atoms with Crippen LogP contribution >= 0.6 is 0 Å². The van der Waals surface area contributed by atoms with Gasteiger partial charge < -0.3 is 9.30 Å². The zero-order chi connectivity index (χ0) is 24.0. The number of hydrogen-bond donors (Lipinski definition) is 0. The summed E-state index contributed by atoms with van der Waals surface area (Å²) in [6, 6.07) is 8.47. The van der Waals surface area contributed by atoms with Gasteiger partial charge in [-0.3, -0.25) is 4.79 Å². The monoisotopic (exact) mass is 463 g/mol. The minimum Gasteiger partial charge on any atom is -0.372 e. The van der Waals surface area contributed by atoms with Crippen molar-refractivity contribution < 1.29 is 13.5 Å². The maximum atomic E-state index is 14.8. The Hall–Kier alpha value is -3.59. The molecule has 0 saturated carbocycles. The minimum atomic E-state index is -0.727. The van der Waals surface area contributed by atoms with E-state index in [1.807, 2.05) is 19.9 Å². The predicted molar refractivity (Wildman–Crippen MR) is 122 cm³/mol. The maximum Gasteiger partial charge on any atom is 0.250 e. The third-order valence-corrected chi connectivity index (χ3v) is 6.35. The summed E-state index contributed by atoms with van der Waals surface area (Å²) in [4.78, 5) is 30.7. The number of hydrogen-bond acceptors (Lipinski definition) is 6. The van der Waals surface area contributed by atoms with Crippen LogP contribution in [0.5, 0.6) is 0 Å². The molecule has 0 spiro atoms. The van der Waals surface area contributed by atoms with E-state index in [-0.39, 0.29) is 28.8 Å². The van der Waals surface area contributed by atoms with Crippen molar-refractivity contribution in [3.8, 4) is 11.3 Å². The first-order valence-corrected chi connectivity index (χ1v) is 11.1. The highest BCUT2D eigenvalue weighted by atomic mass is 19.1. The zero-order valence-corrected chi connectivity index (χ0v) is 19.0. The molecule has 0 N–H and O–H groups in total. The van der Waals surface area contributed by atoms with Crippen LogP contribution in [0.1, 0.15) is 47.8 Å². The molecule has 4 heterocycles. The molecular weight excluding hydrogens is 440 g/mol. The van der Waals surface area contributed by atoms with Crippen molar-refractivity contribution in [1.29, 1.82) is 0 Å². The number of nitrogens with zero attached hydrogens (tertiary/aromatic N) is 5. The van der Waals surface area contributed by atoms with E-state index in [1.54, 1.807) is 17.7 Å². The van der Waals surface area contributed by atoms with Crippen LogP contribution < -0.4 is 5.56 Å². The standard InChI is InChI=1S/C25H23F2N5O2/c1-13-14(2)29-25-23(28-13)22(17-8-7-16(26)12-18(17)27)30-24(31-25)15-9-10-34-20(11-15)19-5-4-6-21(33)32(19)3/h4-8,12,15,20H,9-11H2,1-3H3/t15-,20-/m1/s1. The summed E-state index contributed by atoms with van der Waals surface area (Å²) in [6.07, 6.45) is 0.896. The summed E-state index contributed by atoms with van der Waals surface area (Å²) >= 11 is 0. The highest BCUT2D eigenvalue weighted by Gasteiger charge is 2.30. The SMILES string of the molecule is Cc1nc2nc([C@@H]3CCO[C@@H](c4cccc(=O)n4C)C3)nc(-c3ccc(F)cc3F)c2nc1C. The van der Waals surface area contributed by atoms with Gasteiger partial charge in [-0.05, 0) is 44.9 Å². The van der Waals surface area contributed by atoms with E-state index in [0.29, 0.717) is 47.8 Å². The van der Waals surface area contributed by atoms with E-state index in [4.69, 9.17) is 14.7 Å². The number of fused-ring (bicyclic) bond motifs is 1. The second-order valence-electron chi connectivity index (χ2n) is 8.55. The molecule has 34 heavy (non-hydrogen) atoms. The normalized spacial score (nSPS) is 18.4. The van der Waals surface area contributed by atoms with Gasteiger partial charge in [0.1, 0.15) is 28.7 Å². The Labute approximate surface area is 194 Å². The fourth-order valence-corrected chi connectivity index (χ4v) is 4.32. The van der Waals surface area contributed by atoms with E-state index in [1.165, 1.54) is 18.2 Å². The molecule has 7 nitrogen and oxygen atoms in total. The van der Waals surface area contributed by atoms with E-state index >= 15 is 0 Å². The van der Waals surface area contributed by atoms with Gasteiger partial charge in [0.2, 0.25) is 0 Å². The molecule has 0 radical (unpaired) electrons. The Morgan fingerprint density at radius 3 is 2.62 bits per heavy atom. The van der Waals surface area contributed by atoms with Crippen molar-refractivity contribution in [2.24, 2.45) is 7.05 Å². The van der Waals surface area contributed by atoms with Crippen molar-refractivity contribution in [1.82, 2.24) is 24.5 Å². The zero-order valence-electron chi connectivity index (χ0n) is 19.0. The van der Waals surface area contributed by atoms with E-state index in [0.717, 1.165) is 11.8 Å². The molecule has 0 aliphatic carbocycles. The summed E-state index contributed by atoms with van der Waals surface area (Å²) in [7, 11) is 1.72. The maximum absolute atomic E-state index is 14.8. The van der Waals surface area contributed by atoms with Crippen molar-refractivity contribution in [3.63, 3.8) is 0 Å². The first-order chi connectivity index (χ1) is 16.3. The Morgan fingerprint density at radius 1 is 1.03 bits per heavy atom. The van der Waals surface area contributed by atoms with E-state index in [9.17, 15) is 13.6 Å². The molecule has 1 aliphatic heterocycles. The van der Waals surface area contributed by atoms with Gasteiger partial charge in [-0.15, -0.1) is 0 Å². The summed E-state index contributed by atoms with van der Waals surface area (Å²) < 4.78 is 35.9. The molecule has 9 heteroatoms. The van der Waals surface area contributed by atoms with Gasteiger partial charge in [-0.2, -0.15) is 0 Å². The fourth-order valence-electron chi connectivity index (χ4n) is 4.32. The summed E-state index contributed by atoms with van der Waals surface area (Å²) in [5, 5.41) is 0. The van der Waals surface area contributed by atoms with Gasteiger partial charge in [0.15, 0.2) is 5.65 Å². The second-order valence-corrected chi connectivity index (χ2v) is 8.55. The average Bonchev–Trinajstić information content (AvgIpc) is 2.81. The number of benzene rings is 1. The highest BCUT2D eigenvalue weighted by molar-refractivity contribution is 5.87. The van der Waals surface area contributed by atoms with Gasteiger partial charge in [0, 0.05) is 43.0 Å². The van der Waals surface area contributed by atoms with Crippen LogP contribution in [0.15, 0.2) is 41.2 Å². The molecule has 174 valence electrons. The number of pyridine rings is 1. The first kappa shape index (κ1) is 22.2. The predicted octanol–water partition coefficient (Wildman–Crippen LogP) is 4.32. The van der Waals surface area contributed by atoms with Crippen LogP contribution in [-0.4, -0.2) is 31.1 Å². The highest BCUT2D eigenvalue weighted by Crippen LogP contribution is 2.37. The second kappa shape index (κ2) is 8.64. The molecule has 1 aromatic carbocycles. The van der Waals surface area contributed by atoms with Gasteiger partial charge in [-0.25, -0.2) is 28.7 Å². The van der Waals surface area contributed by atoms with Gasteiger partial charge in [0.05, 0.1) is 17.5 Å². The lowest BCUT2D eigenvalue weighted by Crippen LogP contribution is -2.26. The summed E-state index contributed by atoms with van der Waals surface area (Å²) in [5.41, 5.74) is 3.21. The van der Waals surface area contributed by atoms with Crippen LogP contribution in [0.4, 0.5) is 8.78 Å². The van der Waals surface area contributed by atoms with Crippen LogP contribution in [-0.2, 0) is 11.8 Å². The molecule has 1 fully saturated rings. The van der Waals surface area contributed by atoms with Gasteiger partial charge in [0.25, 0.3) is 5.56 Å². The number of ether oxygens (including phenoxy) is 1.